The van der Waals surface area contributed by atoms with Crippen LogP contribution in [0.3, 0.4) is 0 Å². The SMILES string of the molecule is CCOC(=O)c1ccc(CC(F)=NC(C)C)cc1. The van der Waals surface area contributed by atoms with Crippen molar-refractivity contribution in [2.45, 2.75) is 33.2 Å². The molecular weight excluding hydrogens is 233 g/mol. The van der Waals surface area contributed by atoms with Gasteiger partial charge < -0.3 is 4.74 Å². The smallest absolute Gasteiger partial charge is 0.338 e. The van der Waals surface area contributed by atoms with Gasteiger partial charge in [0.1, 0.15) is 0 Å². The third-order valence-corrected chi connectivity index (χ3v) is 2.21. The Morgan fingerprint density at radius 1 is 1.33 bits per heavy atom. The first-order valence-electron chi connectivity index (χ1n) is 6.01. The highest BCUT2D eigenvalue weighted by Crippen LogP contribution is 2.08. The van der Waals surface area contributed by atoms with Gasteiger partial charge in [-0.15, -0.1) is 0 Å². The van der Waals surface area contributed by atoms with E-state index in [1.165, 1.54) is 0 Å². The molecule has 98 valence electrons. The predicted molar refractivity (Wildman–Crippen MR) is 69.8 cm³/mol. The van der Waals surface area contributed by atoms with E-state index >= 15 is 0 Å². The molecule has 0 unspecified atom stereocenters. The minimum absolute atomic E-state index is 0.0520. The zero-order valence-corrected chi connectivity index (χ0v) is 10.9. The number of benzene rings is 1. The van der Waals surface area contributed by atoms with Crippen LogP contribution in [0.15, 0.2) is 29.3 Å². The van der Waals surface area contributed by atoms with Gasteiger partial charge in [0, 0.05) is 12.5 Å². The van der Waals surface area contributed by atoms with Gasteiger partial charge in [0.05, 0.1) is 12.2 Å². The van der Waals surface area contributed by atoms with Crippen LogP contribution < -0.4 is 0 Å². The molecule has 0 aliphatic carbocycles. The first-order chi connectivity index (χ1) is 8.52. The van der Waals surface area contributed by atoms with Crippen LogP contribution in [0.2, 0.25) is 0 Å². The summed E-state index contributed by atoms with van der Waals surface area (Å²) < 4.78 is 18.2. The van der Waals surface area contributed by atoms with E-state index in [4.69, 9.17) is 4.74 Å². The number of ether oxygens (including phenoxy) is 1. The lowest BCUT2D eigenvalue weighted by molar-refractivity contribution is 0.0526. The van der Waals surface area contributed by atoms with Crippen LogP contribution in [0.4, 0.5) is 4.39 Å². The lowest BCUT2D eigenvalue weighted by atomic mass is 10.1. The zero-order valence-electron chi connectivity index (χ0n) is 10.9. The van der Waals surface area contributed by atoms with Gasteiger partial charge in [-0.3, -0.25) is 4.99 Å². The molecule has 0 spiro atoms. The number of esters is 1. The largest absolute Gasteiger partial charge is 0.462 e. The molecule has 18 heavy (non-hydrogen) atoms. The van der Waals surface area contributed by atoms with Crippen LogP contribution >= 0.6 is 0 Å². The summed E-state index contributed by atoms with van der Waals surface area (Å²) in [5, 5.41) is 0. The number of nitrogens with zero attached hydrogens (tertiary/aromatic N) is 1. The average molecular weight is 251 g/mol. The Labute approximate surface area is 107 Å². The topological polar surface area (TPSA) is 38.7 Å². The van der Waals surface area contributed by atoms with Gasteiger partial charge in [-0.05, 0) is 38.5 Å². The van der Waals surface area contributed by atoms with Gasteiger partial charge in [0.15, 0.2) is 5.97 Å². The van der Waals surface area contributed by atoms with Crippen molar-refractivity contribution in [1.82, 2.24) is 0 Å². The first kappa shape index (κ1) is 14.4. The second-order valence-corrected chi connectivity index (χ2v) is 4.19. The molecule has 1 rings (SSSR count). The Kier molecular flexibility index (Phi) is 5.49. The normalized spacial score (nSPS) is 11.7. The Morgan fingerprint density at radius 3 is 2.44 bits per heavy atom. The lowest BCUT2D eigenvalue weighted by Crippen LogP contribution is -2.05. The summed E-state index contributed by atoms with van der Waals surface area (Å²) in [7, 11) is 0. The third kappa shape index (κ3) is 4.65. The van der Waals surface area contributed by atoms with E-state index in [9.17, 15) is 9.18 Å². The molecule has 0 saturated carbocycles. The van der Waals surface area contributed by atoms with E-state index in [1.807, 2.05) is 13.8 Å². The second kappa shape index (κ2) is 6.89. The molecule has 0 atom stereocenters. The Balaban J connectivity index is 2.69. The quantitative estimate of drug-likeness (QED) is 0.595. The molecule has 0 heterocycles. The lowest BCUT2D eigenvalue weighted by Gasteiger charge is -2.03. The van der Waals surface area contributed by atoms with E-state index < -0.39 is 5.97 Å². The Hall–Kier alpha value is -1.71. The fraction of sp³-hybridized carbons (Fsp3) is 0.429. The molecule has 1 aromatic rings. The Morgan fingerprint density at radius 2 is 1.94 bits per heavy atom. The molecule has 1 aromatic carbocycles. The number of carbonyl (C=O) groups is 1. The maximum Gasteiger partial charge on any atom is 0.338 e. The number of hydrogen-bond acceptors (Lipinski definition) is 3. The average Bonchev–Trinajstić information content (AvgIpc) is 2.29. The maximum atomic E-state index is 13.4. The summed E-state index contributed by atoms with van der Waals surface area (Å²) in [4.78, 5) is 15.2. The van der Waals surface area contributed by atoms with Crippen molar-refractivity contribution in [2.75, 3.05) is 6.61 Å². The molecule has 0 aromatic heterocycles. The van der Waals surface area contributed by atoms with Gasteiger partial charge in [-0.25, -0.2) is 4.79 Å². The number of aliphatic imine (C=N–C) groups is 1. The molecule has 0 aliphatic heterocycles. The van der Waals surface area contributed by atoms with Crippen LogP contribution in [-0.2, 0) is 11.2 Å². The van der Waals surface area contributed by atoms with Gasteiger partial charge in [-0.1, -0.05) is 12.1 Å². The summed E-state index contributed by atoms with van der Waals surface area (Å²) in [5.74, 6) is -0.755. The van der Waals surface area contributed by atoms with Crippen molar-refractivity contribution in [3.05, 3.63) is 35.4 Å². The highest BCUT2D eigenvalue weighted by Gasteiger charge is 2.07. The van der Waals surface area contributed by atoms with E-state index in [-0.39, 0.29) is 18.4 Å². The second-order valence-electron chi connectivity index (χ2n) is 4.19. The molecule has 0 amide bonds. The van der Waals surface area contributed by atoms with E-state index in [1.54, 1.807) is 31.2 Å². The predicted octanol–water partition coefficient (Wildman–Crippen LogP) is 3.18. The standard InChI is InChI=1S/C14H18FNO2/c1-4-18-14(17)12-7-5-11(6-8-12)9-13(15)16-10(2)3/h5-8,10H,4,9H2,1-3H3. The molecule has 0 bridgehead atoms. The zero-order chi connectivity index (χ0) is 13.5. The van der Waals surface area contributed by atoms with Gasteiger partial charge in [0.2, 0.25) is 0 Å². The number of carbonyl (C=O) groups excluding carboxylic acids is 1. The molecule has 0 N–H and O–H groups in total. The highest BCUT2D eigenvalue weighted by atomic mass is 19.1. The molecule has 0 fully saturated rings. The van der Waals surface area contributed by atoms with Crippen molar-refractivity contribution < 1.29 is 13.9 Å². The van der Waals surface area contributed by atoms with Crippen LogP contribution in [0.25, 0.3) is 0 Å². The van der Waals surface area contributed by atoms with E-state index in [0.29, 0.717) is 12.2 Å². The molecular formula is C14H18FNO2. The van der Waals surface area contributed by atoms with Crippen molar-refractivity contribution in [3.63, 3.8) is 0 Å². The molecule has 0 radical (unpaired) electrons. The van der Waals surface area contributed by atoms with Crippen LogP contribution in [-0.4, -0.2) is 24.6 Å². The molecule has 0 aliphatic rings. The summed E-state index contributed by atoms with van der Waals surface area (Å²) >= 11 is 0. The summed E-state index contributed by atoms with van der Waals surface area (Å²) in [6.07, 6.45) is 0.154. The van der Waals surface area contributed by atoms with Crippen LogP contribution in [0.5, 0.6) is 0 Å². The number of hydrogen-bond donors (Lipinski definition) is 0. The number of halogens is 1. The van der Waals surface area contributed by atoms with Gasteiger partial charge >= 0.3 is 5.97 Å². The molecule has 4 heteroatoms. The fourth-order valence-electron chi connectivity index (χ4n) is 1.47. The van der Waals surface area contributed by atoms with Gasteiger partial charge in [0.25, 0.3) is 0 Å². The highest BCUT2D eigenvalue weighted by molar-refractivity contribution is 5.89. The summed E-state index contributed by atoms with van der Waals surface area (Å²) in [6, 6.07) is 6.64. The minimum Gasteiger partial charge on any atom is -0.462 e. The van der Waals surface area contributed by atoms with Gasteiger partial charge in [-0.2, -0.15) is 4.39 Å². The minimum atomic E-state index is -0.395. The maximum absolute atomic E-state index is 13.4. The first-order valence-corrected chi connectivity index (χ1v) is 6.01. The van der Waals surface area contributed by atoms with Crippen molar-refractivity contribution in [3.8, 4) is 0 Å². The van der Waals surface area contributed by atoms with Crippen molar-refractivity contribution in [2.24, 2.45) is 4.99 Å². The molecule has 0 saturated heterocycles. The monoisotopic (exact) mass is 251 g/mol. The van der Waals surface area contributed by atoms with E-state index in [2.05, 4.69) is 4.99 Å². The van der Waals surface area contributed by atoms with Crippen molar-refractivity contribution >= 4 is 11.9 Å². The van der Waals surface area contributed by atoms with Crippen LogP contribution in [0.1, 0.15) is 36.7 Å². The third-order valence-electron chi connectivity index (χ3n) is 2.21. The Bertz CT molecular complexity index is 424. The number of rotatable bonds is 5. The van der Waals surface area contributed by atoms with Crippen LogP contribution in [0, 0.1) is 0 Å². The van der Waals surface area contributed by atoms with E-state index in [0.717, 1.165) is 5.56 Å². The summed E-state index contributed by atoms with van der Waals surface area (Å²) in [6.45, 7) is 5.74. The molecule has 3 nitrogen and oxygen atoms in total. The summed E-state index contributed by atoms with van der Waals surface area (Å²) in [5.41, 5.74) is 1.26. The fourth-order valence-corrected chi connectivity index (χ4v) is 1.47. The van der Waals surface area contributed by atoms with Crippen molar-refractivity contribution in [1.29, 1.82) is 0 Å².